The minimum absolute atomic E-state index is 0.275. The average Bonchev–Trinajstić information content (AvgIpc) is 3.38. The van der Waals surface area contributed by atoms with E-state index in [9.17, 15) is 14.0 Å². The Morgan fingerprint density at radius 2 is 1.70 bits per heavy atom. The molecule has 0 atom stereocenters. The first-order chi connectivity index (χ1) is 19.2. The number of benzene rings is 3. The fraction of sp³-hybridized carbons (Fsp3) is 0.323. The van der Waals surface area contributed by atoms with Crippen molar-refractivity contribution < 1.29 is 23.5 Å². The lowest BCUT2D eigenvalue weighted by molar-refractivity contribution is -0.112. The van der Waals surface area contributed by atoms with E-state index in [-0.39, 0.29) is 16.8 Å². The number of amides is 1. The molecule has 1 aliphatic rings. The van der Waals surface area contributed by atoms with E-state index >= 15 is 0 Å². The zero-order valence-electron chi connectivity index (χ0n) is 22.9. The van der Waals surface area contributed by atoms with Crippen molar-refractivity contribution in [1.82, 2.24) is 14.7 Å². The molecular weight excluding hydrogens is 511 g/mol. The number of hydrogen-bond acceptors (Lipinski definition) is 6. The van der Waals surface area contributed by atoms with E-state index in [1.54, 1.807) is 30.3 Å². The molecule has 1 N–H and O–H groups in total. The molecule has 0 aliphatic carbocycles. The van der Waals surface area contributed by atoms with Crippen molar-refractivity contribution in [1.29, 1.82) is 0 Å². The molecule has 2 heterocycles. The van der Waals surface area contributed by atoms with E-state index in [4.69, 9.17) is 9.47 Å². The molecule has 3 aromatic carbocycles. The summed E-state index contributed by atoms with van der Waals surface area (Å²) in [6.07, 6.45) is 0. The Morgan fingerprint density at radius 1 is 1.00 bits per heavy atom. The summed E-state index contributed by atoms with van der Waals surface area (Å²) in [5.41, 5.74) is 1.23. The molecule has 8 nitrogen and oxygen atoms in total. The van der Waals surface area contributed by atoms with Gasteiger partial charge in [0.1, 0.15) is 24.0 Å². The fourth-order valence-electron chi connectivity index (χ4n) is 4.62. The van der Waals surface area contributed by atoms with Gasteiger partial charge in [-0.2, -0.15) is 5.10 Å². The number of carbonyl (C=O) groups is 2. The number of carbonyl (C=O) groups excluding carboxylic acids is 2. The Bertz CT molecular complexity index is 1520. The molecule has 0 unspecified atom stereocenters. The molecular formula is C31H33FN4O4. The van der Waals surface area contributed by atoms with E-state index in [0.717, 1.165) is 38.2 Å². The second kappa shape index (κ2) is 11.6. The summed E-state index contributed by atoms with van der Waals surface area (Å²) in [4.78, 5) is 29.0. The molecule has 9 heteroatoms. The molecule has 4 aromatic rings. The molecule has 208 valence electrons. The van der Waals surface area contributed by atoms with Gasteiger partial charge < -0.3 is 14.8 Å². The smallest absolute Gasteiger partial charge is 0.297 e. The molecule has 40 heavy (non-hydrogen) atoms. The largest absolute Gasteiger partial charge is 0.492 e. The molecule has 1 fully saturated rings. The van der Waals surface area contributed by atoms with Gasteiger partial charge in [0.2, 0.25) is 0 Å². The first kappa shape index (κ1) is 27.5. The number of fused-ring (bicyclic) bond motifs is 1. The van der Waals surface area contributed by atoms with Crippen molar-refractivity contribution in [3.8, 4) is 11.4 Å². The Kier molecular flexibility index (Phi) is 7.95. The minimum atomic E-state index is -0.796. The van der Waals surface area contributed by atoms with Crippen LogP contribution in [0.2, 0.25) is 0 Å². The van der Waals surface area contributed by atoms with Gasteiger partial charge in [-0.15, -0.1) is 0 Å². The highest BCUT2D eigenvalue weighted by Crippen LogP contribution is 2.30. The van der Waals surface area contributed by atoms with Crippen molar-refractivity contribution in [3.05, 3.63) is 83.8 Å². The van der Waals surface area contributed by atoms with Gasteiger partial charge in [-0.05, 0) is 41.8 Å². The van der Waals surface area contributed by atoms with Crippen LogP contribution in [-0.2, 0) is 14.9 Å². The van der Waals surface area contributed by atoms with E-state index < -0.39 is 11.7 Å². The van der Waals surface area contributed by atoms with E-state index in [1.807, 2.05) is 45.0 Å². The number of halogens is 1. The Hall–Kier alpha value is -4.08. The first-order valence-corrected chi connectivity index (χ1v) is 13.4. The molecule has 1 aromatic heterocycles. The second-order valence-corrected chi connectivity index (χ2v) is 10.8. The van der Waals surface area contributed by atoms with Gasteiger partial charge in [0.05, 0.1) is 24.6 Å². The molecule has 0 radical (unpaired) electrons. The van der Waals surface area contributed by atoms with Crippen molar-refractivity contribution >= 4 is 28.3 Å². The maximum atomic E-state index is 13.6. The number of rotatable bonds is 8. The van der Waals surface area contributed by atoms with Crippen LogP contribution in [0.1, 0.15) is 36.8 Å². The number of nitrogens with zero attached hydrogens (tertiary/aromatic N) is 3. The van der Waals surface area contributed by atoms with E-state index in [0.29, 0.717) is 34.9 Å². The lowest BCUT2D eigenvalue weighted by Crippen LogP contribution is -2.38. The van der Waals surface area contributed by atoms with Crippen molar-refractivity contribution in [2.45, 2.75) is 26.2 Å². The lowest BCUT2D eigenvalue weighted by Gasteiger charge is -2.26. The number of ether oxygens (including phenoxy) is 2. The number of hydrogen-bond donors (Lipinski definition) is 1. The predicted molar refractivity (Wildman–Crippen MR) is 152 cm³/mol. The first-order valence-electron chi connectivity index (χ1n) is 13.4. The van der Waals surface area contributed by atoms with Crippen LogP contribution in [0.3, 0.4) is 0 Å². The van der Waals surface area contributed by atoms with Crippen LogP contribution in [-0.4, -0.2) is 65.8 Å². The maximum absolute atomic E-state index is 13.6. The lowest BCUT2D eigenvalue weighted by atomic mass is 9.92. The SMILES string of the molecule is CC(C)(C)c1cc(NC(=O)C(=O)c2ccc(OCCN3CCOCC3)c3ccccc23)n(-c2ccc(F)cc2)n1. The number of aromatic nitrogens is 2. The van der Waals surface area contributed by atoms with Crippen molar-refractivity contribution in [3.63, 3.8) is 0 Å². The maximum Gasteiger partial charge on any atom is 0.297 e. The van der Waals surface area contributed by atoms with Gasteiger partial charge in [-0.3, -0.25) is 14.5 Å². The van der Waals surface area contributed by atoms with Crippen LogP contribution in [0.5, 0.6) is 5.75 Å². The Labute approximate surface area is 232 Å². The predicted octanol–water partition coefficient (Wildman–Crippen LogP) is 4.99. The van der Waals surface area contributed by atoms with Gasteiger partial charge in [0.25, 0.3) is 11.7 Å². The third-order valence-electron chi connectivity index (χ3n) is 6.89. The summed E-state index contributed by atoms with van der Waals surface area (Å²) in [6, 6.07) is 18.3. The summed E-state index contributed by atoms with van der Waals surface area (Å²) in [5.74, 6) is -0.879. The normalized spacial score (nSPS) is 14.3. The monoisotopic (exact) mass is 544 g/mol. The second-order valence-electron chi connectivity index (χ2n) is 10.8. The van der Waals surface area contributed by atoms with Crippen LogP contribution in [0, 0.1) is 5.82 Å². The van der Waals surface area contributed by atoms with E-state index in [2.05, 4.69) is 15.3 Å². The summed E-state index contributed by atoms with van der Waals surface area (Å²) in [7, 11) is 0. The summed E-state index contributed by atoms with van der Waals surface area (Å²) < 4.78 is 26.5. The molecule has 0 spiro atoms. The van der Waals surface area contributed by atoms with Gasteiger partial charge in [-0.1, -0.05) is 45.0 Å². The van der Waals surface area contributed by atoms with Crippen LogP contribution < -0.4 is 10.1 Å². The number of morpholine rings is 1. The fourth-order valence-corrected chi connectivity index (χ4v) is 4.62. The van der Waals surface area contributed by atoms with Crippen LogP contribution in [0.25, 0.3) is 16.5 Å². The van der Waals surface area contributed by atoms with Gasteiger partial charge >= 0.3 is 0 Å². The summed E-state index contributed by atoms with van der Waals surface area (Å²) in [5, 5.41) is 8.76. The van der Waals surface area contributed by atoms with Crippen LogP contribution in [0.4, 0.5) is 10.2 Å². The molecule has 1 amide bonds. The molecule has 0 bridgehead atoms. The van der Waals surface area contributed by atoms with Gasteiger partial charge in [0, 0.05) is 42.1 Å². The molecule has 5 rings (SSSR count). The molecule has 0 saturated carbocycles. The number of Topliss-reactive ketones (excluding diaryl/α,β-unsaturated/α-hetero) is 1. The molecule has 1 saturated heterocycles. The third-order valence-corrected chi connectivity index (χ3v) is 6.89. The Morgan fingerprint density at radius 3 is 2.40 bits per heavy atom. The zero-order chi connectivity index (χ0) is 28.3. The van der Waals surface area contributed by atoms with E-state index in [1.165, 1.54) is 16.8 Å². The highest BCUT2D eigenvalue weighted by atomic mass is 19.1. The van der Waals surface area contributed by atoms with Gasteiger partial charge in [0.15, 0.2) is 0 Å². The summed E-state index contributed by atoms with van der Waals surface area (Å²) >= 11 is 0. The quantitative estimate of drug-likeness (QED) is 0.248. The standard InChI is InChI=1S/C31H33FN4O4/c1-31(2,3)27-20-28(36(34-27)22-10-8-21(32)9-11-22)33-30(38)29(37)25-12-13-26(24-7-5-4-6-23(24)25)40-19-16-35-14-17-39-18-15-35/h4-13,20H,14-19H2,1-3H3,(H,33,38). The van der Waals surface area contributed by atoms with Crippen LogP contribution >= 0.6 is 0 Å². The highest BCUT2D eigenvalue weighted by molar-refractivity contribution is 6.48. The Balaban J connectivity index is 1.38. The third kappa shape index (κ3) is 6.05. The number of ketones is 1. The highest BCUT2D eigenvalue weighted by Gasteiger charge is 2.25. The van der Waals surface area contributed by atoms with Crippen molar-refractivity contribution in [2.75, 3.05) is 44.8 Å². The zero-order valence-corrected chi connectivity index (χ0v) is 22.9. The molecule has 1 aliphatic heterocycles. The van der Waals surface area contributed by atoms with Crippen LogP contribution in [0.15, 0.2) is 66.7 Å². The van der Waals surface area contributed by atoms with Crippen molar-refractivity contribution in [2.24, 2.45) is 0 Å². The van der Waals surface area contributed by atoms with Gasteiger partial charge in [-0.25, -0.2) is 9.07 Å². The topological polar surface area (TPSA) is 85.7 Å². The number of nitrogens with one attached hydrogen (secondary N) is 1. The number of anilines is 1. The average molecular weight is 545 g/mol. The minimum Gasteiger partial charge on any atom is -0.492 e. The summed E-state index contributed by atoms with van der Waals surface area (Å²) in [6.45, 7) is 10.5.